The first-order valence-corrected chi connectivity index (χ1v) is 5.57. The number of aryl methyl sites for hydroxylation is 1. The summed E-state index contributed by atoms with van der Waals surface area (Å²) in [7, 11) is 0. The molecule has 0 fully saturated rings. The first-order valence-electron chi connectivity index (χ1n) is 5.57. The third-order valence-electron chi connectivity index (χ3n) is 2.33. The van der Waals surface area contributed by atoms with Crippen LogP contribution in [0.5, 0.6) is 5.75 Å². The average Bonchev–Trinajstić information content (AvgIpc) is 2.37. The lowest BCUT2D eigenvalue weighted by Gasteiger charge is -2.04. The first kappa shape index (κ1) is 13.0. The van der Waals surface area contributed by atoms with Crippen molar-refractivity contribution in [2.75, 3.05) is 0 Å². The first-order chi connectivity index (χ1) is 8.17. The van der Waals surface area contributed by atoms with E-state index in [1.54, 1.807) is 18.2 Å². The Morgan fingerprint density at radius 1 is 1.41 bits per heavy atom. The van der Waals surface area contributed by atoms with Crippen molar-refractivity contribution in [1.29, 1.82) is 5.26 Å². The number of rotatable bonds is 5. The number of benzene rings is 1. The molecule has 0 aliphatic rings. The maximum atomic E-state index is 11.3. The Morgan fingerprint density at radius 2 is 2.06 bits per heavy atom. The lowest BCUT2D eigenvalue weighted by molar-refractivity contribution is -0.129. The van der Waals surface area contributed by atoms with E-state index < -0.39 is 5.97 Å². The number of unbranched alkanes of at least 4 members (excludes halogenated alkanes) is 1. The van der Waals surface area contributed by atoms with Gasteiger partial charge in [-0.15, -0.1) is 0 Å². The van der Waals surface area contributed by atoms with E-state index in [1.807, 2.05) is 12.1 Å². The van der Waals surface area contributed by atoms with Crippen LogP contribution >= 0.6 is 0 Å². The Balaban J connectivity index is 2.60. The number of nitrogens with zero attached hydrogens (tertiary/aromatic N) is 1. The fourth-order valence-corrected chi connectivity index (χ4v) is 1.32. The molecule has 0 heterocycles. The number of esters is 1. The molecule has 0 saturated carbocycles. The number of carbonyl (C=O) groups is 1. The van der Waals surface area contributed by atoms with Gasteiger partial charge in [0, 0.05) is 0 Å². The van der Waals surface area contributed by atoms with E-state index in [0.717, 1.165) is 19.3 Å². The number of hydrogen-bond acceptors (Lipinski definition) is 3. The quantitative estimate of drug-likeness (QED) is 0.337. The Bertz CT molecular complexity index is 440. The van der Waals surface area contributed by atoms with Crippen molar-refractivity contribution in [1.82, 2.24) is 0 Å². The lowest BCUT2D eigenvalue weighted by atomic mass is 10.1. The zero-order valence-electron chi connectivity index (χ0n) is 9.90. The predicted octanol–water partition coefficient (Wildman–Crippen LogP) is 3.01. The largest absolute Gasteiger partial charge is 0.422 e. The number of nitriles is 1. The van der Waals surface area contributed by atoms with Crippen LogP contribution in [0.15, 0.2) is 36.4 Å². The van der Waals surface area contributed by atoms with Gasteiger partial charge in [-0.05, 0) is 30.5 Å². The molecule has 0 amide bonds. The minimum Gasteiger partial charge on any atom is -0.422 e. The minimum absolute atomic E-state index is 0.194. The standard InChI is InChI=1S/C14H15NO2/c1-3-4-5-12-6-8-13(9-7-12)17-14(16)11(2)10-15/h6-9H,2-5H2,1H3. The molecule has 0 spiro atoms. The van der Waals surface area contributed by atoms with Crippen molar-refractivity contribution in [3.8, 4) is 11.8 Å². The second-order valence-electron chi connectivity index (χ2n) is 3.73. The Kier molecular flexibility index (Phi) is 4.96. The Labute approximate surface area is 101 Å². The topological polar surface area (TPSA) is 50.1 Å². The van der Waals surface area contributed by atoms with Crippen molar-refractivity contribution in [3.05, 3.63) is 42.0 Å². The van der Waals surface area contributed by atoms with Crippen LogP contribution in [0.1, 0.15) is 25.3 Å². The van der Waals surface area contributed by atoms with Crippen LogP contribution in [-0.4, -0.2) is 5.97 Å². The molecule has 3 heteroatoms. The van der Waals surface area contributed by atoms with Crippen molar-refractivity contribution in [3.63, 3.8) is 0 Å². The van der Waals surface area contributed by atoms with Gasteiger partial charge in [0.1, 0.15) is 17.4 Å². The molecule has 0 aliphatic carbocycles. The molecule has 88 valence electrons. The number of hydrogen-bond donors (Lipinski definition) is 0. The molecule has 1 rings (SSSR count). The second kappa shape index (κ2) is 6.49. The highest BCUT2D eigenvalue weighted by Gasteiger charge is 2.08. The van der Waals surface area contributed by atoms with Crippen LogP contribution in [0.25, 0.3) is 0 Å². The van der Waals surface area contributed by atoms with E-state index in [0.29, 0.717) is 5.75 Å². The van der Waals surface area contributed by atoms with E-state index in [-0.39, 0.29) is 5.57 Å². The Hall–Kier alpha value is -2.08. The van der Waals surface area contributed by atoms with Crippen molar-refractivity contribution < 1.29 is 9.53 Å². The Morgan fingerprint density at radius 3 is 2.59 bits per heavy atom. The third kappa shape index (κ3) is 4.12. The van der Waals surface area contributed by atoms with Crippen LogP contribution < -0.4 is 4.74 Å². The summed E-state index contributed by atoms with van der Waals surface area (Å²) >= 11 is 0. The zero-order valence-corrected chi connectivity index (χ0v) is 9.90. The molecule has 0 radical (unpaired) electrons. The fraction of sp³-hybridized carbons (Fsp3) is 0.286. The average molecular weight is 229 g/mol. The smallest absolute Gasteiger partial charge is 0.353 e. The van der Waals surface area contributed by atoms with Crippen molar-refractivity contribution >= 4 is 5.97 Å². The molecule has 17 heavy (non-hydrogen) atoms. The summed E-state index contributed by atoms with van der Waals surface area (Å²) in [6.07, 6.45) is 3.32. The minimum atomic E-state index is -0.700. The van der Waals surface area contributed by atoms with Crippen LogP contribution in [0.4, 0.5) is 0 Å². The number of ether oxygens (including phenoxy) is 1. The summed E-state index contributed by atoms with van der Waals surface area (Å²) in [6, 6.07) is 8.96. The normalized spacial score (nSPS) is 9.41. The van der Waals surface area contributed by atoms with Gasteiger partial charge in [-0.1, -0.05) is 32.1 Å². The SMILES string of the molecule is C=C(C#N)C(=O)Oc1ccc(CCCC)cc1. The molecule has 0 saturated heterocycles. The van der Waals surface area contributed by atoms with Gasteiger partial charge in [0.25, 0.3) is 0 Å². The maximum absolute atomic E-state index is 11.3. The van der Waals surface area contributed by atoms with E-state index in [1.165, 1.54) is 5.56 Å². The molecule has 0 unspecified atom stereocenters. The van der Waals surface area contributed by atoms with Gasteiger partial charge in [0.15, 0.2) is 0 Å². The zero-order chi connectivity index (χ0) is 12.7. The third-order valence-corrected chi connectivity index (χ3v) is 2.33. The molecule has 3 nitrogen and oxygen atoms in total. The molecule has 1 aromatic rings. The van der Waals surface area contributed by atoms with Gasteiger partial charge >= 0.3 is 5.97 Å². The van der Waals surface area contributed by atoms with Gasteiger partial charge in [0.2, 0.25) is 0 Å². The monoisotopic (exact) mass is 229 g/mol. The van der Waals surface area contributed by atoms with Gasteiger partial charge in [-0.25, -0.2) is 4.79 Å². The summed E-state index contributed by atoms with van der Waals surface area (Å²) < 4.78 is 4.97. The summed E-state index contributed by atoms with van der Waals surface area (Å²) in [5.74, 6) is -0.263. The summed E-state index contributed by atoms with van der Waals surface area (Å²) in [5, 5.41) is 8.47. The van der Waals surface area contributed by atoms with Crippen LogP contribution in [-0.2, 0) is 11.2 Å². The van der Waals surface area contributed by atoms with E-state index >= 15 is 0 Å². The van der Waals surface area contributed by atoms with Gasteiger partial charge in [0.05, 0.1) is 0 Å². The summed E-state index contributed by atoms with van der Waals surface area (Å²) in [6.45, 7) is 5.43. The van der Waals surface area contributed by atoms with E-state index in [9.17, 15) is 4.79 Å². The highest BCUT2D eigenvalue weighted by Crippen LogP contribution is 2.14. The summed E-state index contributed by atoms with van der Waals surface area (Å²) in [5.41, 5.74) is 1.02. The molecule has 1 aromatic carbocycles. The van der Waals surface area contributed by atoms with E-state index in [4.69, 9.17) is 10.00 Å². The van der Waals surface area contributed by atoms with Gasteiger partial charge in [-0.2, -0.15) is 5.26 Å². The van der Waals surface area contributed by atoms with Crippen molar-refractivity contribution in [2.24, 2.45) is 0 Å². The molecule has 0 aliphatic heterocycles. The van der Waals surface area contributed by atoms with Gasteiger partial charge < -0.3 is 4.74 Å². The molecule has 0 aromatic heterocycles. The molecular weight excluding hydrogens is 214 g/mol. The highest BCUT2D eigenvalue weighted by atomic mass is 16.5. The molecule has 0 bridgehead atoms. The second-order valence-corrected chi connectivity index (χ2v) is 3.73. The van der Waals surface area contributed by atoms with Gasteiger partial charge in [-0.3, -0.25) is 0 Å². The van der Waals surface area contributed by atoms with E-state index in [2.05, 4.69) is 13.5 Å². The lowest BCUT2D eigenvalue weighted by Crippen LogP contribution is -2.09. The summed E-state index contributed by atoms with van der Waals surface area (Å²) in [4.78, 5) is 11.3. The van der Waals surface area contributed by atoms with Crippen LogP contribution in [0.3, 0.4) is 0 Å². The fourth-order valence-electron chi connectivity index (χ4n) is 1.32. The van der Waals surface area contributed by atoms with Crippen LogP contribution in [0, 0.1) is 11.3 Å². The number of carbonyl (C=O) groups excluding carboxylic acids is 1. The van der Waals surface area contributed by atoms with Crippen LogP contribution in [0.2, 0.25) is 0 Å². The molecular formula is C14H15NO2. The predicted molar refractivity (Wildman–Crippen MR) is 65.4 cm³/mol. The highest BCUT2D eigenvalue weighted by molar-refractivity contribution is 5.93. The maximum Gasteiger partial charge on any atom is 0.353 e. The van der Waals surface area contributed by atoms with Crippen molar-refractivity contribution in [2.45, 2.75) is 26.2 Å². The molecule has 0 N–H and O–H groups in total. The molecule has 0 atom stereocenters.